The van der Waals surface area contributed by atoms with Crippen molar-refractivity contribution >= 4 is 12.1 Å². The minimum Gasteiger partial charge on any atom is -0.464 e. The van der Waals surface area contributed by atoms with Crippen LogP contribution in [0.2, 0.25) is 0 Å². The third-order valence-electron chi connectivity index (χ3n) is 3.15. The fourth-order valence-electron chi connectivity index (χ4n) is 1.89. The minimum atomic E-state index is -0.742. The van der Waals surface area contributed by atoms with E-state index in [-0.39, 0.29) is 5.92 Å². The molecule has 1 N–H and O–H groups in total. The lowest BCUT2D eigenvalue weighted by atomic mass is 10.1. The van der Waals surface area contributed by atoms with Crippen molar-refractivity contribution in [2.45, 2.75) is 46.1 Å². The maximum atomic E-state index is 12.2. The lowest BCUT2D eigenvalue weighted by Crippen LogP contribution is -2.44. The highest BCUT2D eigenvalue weighted by molar-refractivity contribution is 5.81. The van der Waals surface area contributed by atoms with E-state index < -0.39 is 18.1 Å². The van der Waals surface area contributed by atoms with Crippen LogP contribution in [0.15, 0.2) is 30.3 Å². The summed E-state index contributed by atoms with van der Waals surface area (Å²) in [5.74, 6) is -0.186. The molecule has 0 aromatic heterocycles. The van der Waals surface area contributed by atoms with Crippen LogP contribution in [0.3, 0.4) is 0 Å². The predicted octanol–water partition coefficient (Wildman–Crippen LogP) is 3.32. The summed E-state index contributed by atoms with van der Waals surface area (Å²) in [6.07, 6.45) is 1.54. The molecule has 0 spiro atoms. The molecule has 1 rings (SSSR count). The van der Waals surface area contributed by atoms with Crippen molar-refractivity contribution in [2.24, 2.45) is 5.92 Å². The lowest BCUT2D eigenvalue weighted by molar-refractivity contribution is -0.146. The molecule has 0 fully saturated rings. The number of carbonyl (C=O) groups is 2. The normalized spacial score (nSPS) is 11.8. The first kappa shape index (κ1) is 19.0. The Bertz CT molecular complexity index is 473. The predicted molar refractivity (Wildman–Crippen MR) is 89.1 cm³/mol. The second kappa shape index (κ2) is 10.6. The summed E-state index contributed by atoms with van der Waals surface area (Å²) in [6.45, 7) is 6.61. The summed E-state index contributed by atoms with van der Waals surface area (Å²) in [4.78, 5) is 24.0. The molecule has 0 bridgehead atoms. The van der Waals surface area contributed by atoms with E-state index in [2.05, 4.69) is 5.32 Å². The highest BCUT2D eigenvalue weighted by Crippen LogP contribution is 2.06. The maximum absolute atomic E-state index is 12.2. The van der Waals surface area contributed by atoms with E-state index in [0.29, 0.717) is 19.6 Å². The van der Waals surface area contributed by atoms with E-state index in [1.165, 1.54) is 0 Å². The largest absolute Gasteiger partial charge is 0.464 e. The van der Waals surface area contributed by atoms with Gasteiger partial charge in [0.1, 0.15) is 6.04 Å². The number of hydrogen-bond acceptors (Lipinski definition) is 4. The minimum absolute atomic E-state index is 0.241. The number of unbranched alkanes of at least 4 members (excludes halogenated alkanes) is 1. The first-order valence-corrected chi connectivity index (χ1v) is 8.16. The smallest absolute Gasteiger partial charge is 0.407 e. The second-order valence-electron chi connectivity index (χ2n) is 5.90. The van der Waals surface area contributed by atoms with Gasteiger partial charge in [-0.05, 0) is 17.9 Å². The Morgan fingerprint density at radius 2 is 1.83 bits per heavy atom. The van der Waals surface area contributed by atoms with Crippen LogP contribution in [0.25, 0.3) is 0 Å². The molecule has 1 amide bonds. The van der Waals surface area contributed by atoms with E-state index in [1.54, 1.807) is 0 Å². The molecule has 5 heteroatoms. The Morgan fingerprint density at radius 3 is 2.43 bits per heavy atom. The average Bonchev–Trinajstić information content (AvgIpc) is 2.53. The van der Waals surface area contributed by atoms with E-state index in [1.807, 2.05) is 51.1 Å². The number of amides is 1. The van der Waals surface area contributed by atoms with Gasteiger partial charge in [-0.3, -0.25) is 0 Å². The van der Waals surface area contributed by atoms with Gasteiger partial charge in [0.15, 0.2) is 0 Å². The molecule has 5 nitrogen and oxygen atoms in total. The van der Waals surface area contributed by atoms with Gasteiger partial charge in [-0.15, -0.1) is 0 Å². The van der Waals surface area contributed by atoms with Crippen molar-refractivity contribution in [3.05, 3.63) is 35.9 Å². The summed E-state index contributed by atoms with van der Waals surface area (Å²) >= 11 is 0. The second-order valence-corrected chi connectivity index (χ2v) is 5.90. The maximum Gasteiger partial charge on any atom is 0.407 e. The monoisotopic (exact) mass is 321 g/mol. The summed E-state index contributed by atoms with van der Waals surface area (Å²) in [7, 11) is 0. The first-order chi connectivity index (χ1) is 11.0. The zero-order valence-electron chi connectivity index (χ0n) is 14.2. The number of rotatable bonds is 9. The lowest BCUT2D eigenvalue weighted by Gasteiger charge is -2.18. The van der Waals surface area contributed by atoms with Crippen molar-refractivity contribution in [3.63, 3.8) is 0 Å². The van der Waals surface area contributed by atoms with Gasteiger partial charge in [-0.25, -0.2) is 9.59 Å². The highest BCUT2D eigenvalue weighted by atomic mass is 16.6. The zero-order chi connectivity index (χ0) is 17.1. The van der Waals surface area contributed by atoms with E-state index in [0.717, 1.165) is 18.4 Å². The van der Waals surface area contributed by atoms with Crippen LogP contribution in [0.4, 0.5) is 4.79 Å². The molecule has 1 atom stereocenters. The van der Waals surface area contributed by atoms with Crippen LogP contribution in [-0.4, -0.2) is 31.3 Å². The van der Waals surface area contributed by atoms with Crippen LogP contribution in [0.1, 0.15) is 39.2 Å². The number of carbonyl (C=O) groups excluding carboxylic acids is 2. The van der Waals surface area contributed by atoms with Gasteiger partial charge in [0.25, 0.3) is 0 Å². The number of alkyl carbamates (subject to hydrolysis) is 1. The fraction of sp³-hybridized carbons (Fsp3) is 0.556. The molecule has 128 valence electrons. The van der Waals surface area contributed by atoms with Crippen molar-refractivity contribution < 1.29 is 19.1 Å². The Balaban J connectivity index is 2.63. The van der Waals surface area contributed by atoms with Gasteiger partial charge in [-0.2, -0.15) is 0 Å². The Labute approximate surface area is 138 Å². The molecule has 0 saturated heterocycles. The standard InChI is InChI=1S/C18H27NO4/c1-4-5-11-22-17(20)16(12-15-9-7-6-8-10-15)19-18(21)23-13-14(2)3/h6-10,14,16H,4-5,11-13H2,1-3H3,(H,19,21)/t16-/m0/s1. The number of benzene rings is 1. The molecular weight excluding hydrogens is 294 g/mol. The van der Waals surface area contributed by atoms with Gasteiger partial charge < -0.3 is 14.8 Å². The number of esters is 1. The van der Waals surface area contributed by atoms with Gasteiger partial charge in [0.05, 0.1) is 13.2 Å². The Hall–Kier alpha value is -2.04. The van der Waals surface area contributed by atoms with Crippen LogP contribution < -0.4 is 5.32 Å². The van der Waals surface area contributed by atoms with Crippen molar-refractivity contribution in [3.8, 4) is 0 Å². The van der Waals surface area contributed by atoms with E-state index in [9.17, 15) is 9.59 Å². The molecule has 0 aliphatic carbocycles. The topological polar surface area (TPSA) is 64.6 Å². The molecule has 0 aliphatic rings. The Morgan fingerprint density at radius 1 is 1.13 bits per heavy atom. The number of ether oxygens (including phenoxy) is 2. The summed E-state index contributed by atoms with van der Waals surface area (Å²) in [5, 5.41) is 2.61. The average molecular weight is 321 g/mol. The fourth-order valence-corrected chi connectivity index (χ4v) is 1.89. The van der Waals surface area contributed by atoms with Crippen LogP contribution in [-0.2, 0) is 20.7 Å². The molecular formula is C18H27NO4. The van der Waals surface area contributed by atoms with Gasteiger partial charge in [-0.1, -0.05) is 57.5 Å². The first-order valence-electron chi connectivity index (χ1n) is 8.16. The van der Waals surface area contributed by atoms with Crippen molar-refractivity contribution in [1.82, 2.24) is 5.32 Å². The quantitative estimate of drug-likeness (QED) is 0.560. The van der Waals surface area contributed by atoms with Gasteiger partial charge in [0.2, 0.25) is 0 Å². The zero-order valence-corrected chi connectivity index (χ0v) is 14.2. The molecule has 23 heavy (non-hydrogen) atoms. The summed E-state index contributed by atoms with van der Waals surface area (Å²) in [5.41, 5.74) is 0.953. The van der Waals surface area contributed by atoms with Crippen molar-refractivity contribution in [1.29, 1.82) is 0 Å². The van der Waals surface area contributed by atoms with Crippen LogP contribution >= 0.6 is 0 Å². The number of hydrogen-bond donors (Lipinski definition) is 1. The third-order valence-corrected chi connectivity index (χ3v) is 3.15. The summed E-state index contributed by atoms with van der Waals surface area (Å²) in [6, 6.07) is 8.77. The van der Waals surface area contributed by atoms with Crippen molar-refractivity contribution in [2.75, 3.05) is 13.2 Å². The molecule has 0 aliphatic heterocycles. The number of nitrogens with one attached hydrogen (secondary N) is 1. The van der Waals surface area contributed by atoms with Gasteiger partial charge in [0, 0.05) is 6.42 Å². The highest BCUT2D eigenvalue weighted by Gasteiger charge is 2.23. The van der Waals surface area contributed by atoms with Crippen LogP contribution in [0, 0.1) is 5.92 Å². The Kier molecular flexibility index (Phi) is 8.80. The van der Waals surface area contributed by atoms with Gasteiger partial charge >= 0.3 is 12.1 Å². The SMILES string of the molecule is CCCCOC(=O)[C@H](Cc1ccccc1)NC(=O)OCC(C)C. The molecule has 0 saturated carbocycles. The van der Waals surface area contributed by atoms with E-state index in [4.69, 9.17) is 9.47 Å². The third kappa shape index (κ3) is 8.24. The summed E-state index contributed by atoms with van der Waals surface area (Å²) < 4.78 is 10.3. The molecule has 0 heterocycles. The molecule has 1 aromatic rings. The van der Waals surface area contributed by atoms with E-state index >= 15 is 0 Å². The molecule has 0 radical (unpaired) electrons. The molecule has 1 aromatic carbocycles. The van der Waals surface area contributed by atoms with Crippen LogP contribution in [0.5, 0.6) is 0 Å². The molecule has 0 unspecified atom stereocenters.